The molecule has 1 aromatic rings. The van der Waals surface area contributed by atoms with Gasteiger partial charge in [-0.2, -0.15) is 0 Å². The Bertz CT molecular complexity index is 249. The van der Waals surface area contributed by atoms with Crippen LogP contribution in [0.5, 0.6) is 0 Å². The lowest BCUT2D eigenvalue weighted by atomic mass is 10.2. The number of hydrogen-bond donors (Lipinski definition) is 1. The van der Waals surface area contributed by atoms with Gasteiger partial charge < -0.3 is 14.4 Å². The maximum atomic E-state index is 8.90. The van der Waals surface area contributed by atoms with Crippen LogP contribution in [0.15, 0.2) is 6.33 Å². The van der Waals surface area contributed by atoms with Gasteiger partial charge in [0.05, 0.1) is 6.61 Å². The Morgan fingerprint density at radius 2 is 2.46 bits per heavy atom. The average Bonchev–Trinajstić information content (AvgIpc) is 2.52. The third-order valence-electron chi connectivity index (χ3n) is 1.80. The van der Waals surface area contributed by atoms with Crippen molar-refractivity contribution >= 4 is 0 Å². The highest BCUT2D eigenvalue weighted by Crippen LogP contribution is 2.03. The molecular formula is C8H15N3O2. The second-order valence-corrected chi connectivity index (χ2v) is 3.12. The standard InChI is InChI=1S/C8H15N3O2/c1-7(5-13-2)3-11-6-9-10-8(11)4-12/h6-7,12H,3-5H2,1-2H3. The lowest BCUT2D eigenvalue weighted by Crippen LogP contribution is -2.14. The highest BCUT2D eigenvalue weighted by Gasteiger charge is 2.06. The molecule has 0 aromatic carbocycles. The molecule has 1 N–H and O–H groups in total. The zero-order valence-corrected chi connectivity index (χ0v) is 7.97. The van der Waals surface area contributed by atoms with Gasteiger partial charge in [-0.15, -0.1) is 10.2 Å². The summed E-state index contributed by atoms with van der Waals surface area (Å²) in [6, 6.07) is 0. The molecule has 1 rings (SSSR count). The van der Waals surface area contributed by atoms with Gasteiger partial charge in [-0.1, -0.05) is 6.92 Å². The average molecular weight is 185 g/mol. The Balaban J connectivity index is 2.52. The lowest BCUT2D eigenvalue weighted by Gasteiger charge is -2.11. The minimum absolute atomic E-state index is 0.0697. The van der Waals surface area contributed by atoms with Crippen molar-refractivity contribution in [1.29, 1.82) is 0 Å². The fraction of sp³-hybridized carbons (Fsp3) is 0.750. The largest absolute Gasteiger partial charge is 0.388 e. The second kappa shape index (κ2) is 4.94. The zero-order chi connectivity index (χ0) is 9.68. The van der Waals surface area contributed by atoms with E-state index in [0.29, 0.717) is 18.3 Å². The van der Waals surface area contributed by atoms with Crippen molar-refractivity contribution in [1.82, 2.24) is 14.8 Å². The zero-order valence-electron chi connectivity index (χ0n) is 7.97. The molecule has 1 aromatic heterocycles. The van der Waals surface area contributed by atoms with E-state index in [9.17, 15) is 0 Å². The van der Waals surface area contributed by atoms with Crippen LogP contribution < -0.4 is 0 Å². The van der Waals surface area contributed by atoms with Crippen LogP contribution >= 0.6 is 0 Å². The van der Waals surface area contributed by atoms with Crippen molar-refractivity contribution in [2.45, 2.75) is 20.1 Å². The highest BCUT2D eigenvalue weighted by atomic mass is 16.5. The summed E-state index contributed by atoms with van der Waals surface area (Å²) in [5.74, 6) is 0.995. The number of ether oxygens (including phenoxy) is 1. The summed E-state index contributed by atoms with van der Waals surface area (Å²) in [6.07, 6.45) is 1.62. The first-order valence-electron chi connectivity index (χ1n) is 4.24. The van der Waals surface area contributed by atoms with Gasteiger partial charge in [-0.3, -0.25) is 0 Å². The molecule has 0 amide bonds. The molecule has 1 unspecified atom stereocenters. The summed E-state index contributed by atoms with van der Waals surface area (Å²) in [4.78, 5) is 0. The number of nitrogens with zero attached hydrogens (tertiary/aromatic N) is 3. The molecule has 74 valence electrons. The molecule has 0 fully saturated rings. The molecule has 0 aliphatic heterocycles. The Labute approximate surface area is 77.4 Å². The molecule has 13 heavy (non-hydrogen) atoms. The fourth-order valence-electron chi connectivity index (χ4n) is 1.23. The smallest absolute Gasteiger partial charge is 0.158 e. The molecule has 0 bridgehead atoms. The molecule has 0 saturated heterocycles. The van der Waals surface area contributed by atoms with Crippen LogP contribution in [0.4, 0.5) is 0 Å². The third kappa shape index (κ3) is 2.78. The van der Waals surface area contributed by atoms with E-state index in [0.717, 1.165) is 6.54 Å². The Morgan fingerprint density at radius 3 is 3.08 bits per heavy atom. The fourth-order valence-corrected chi connectivity index (χ4v) is 1.23. The van der Waals surface area contributed by atoms with E-state index in [-0.39, 0.29) is 6.61 Å². The highest BCUT2D eigenvalue weighted by molar-refractivity contribution is 4.82. The Morgan fingerprint density at radius 1 is 1.69 bits per heavy atom. The summed E-state index contributed by atoms with van der Waals surface area (Å²) in [7, 11) is 1.68. The predicted octanol–water partition coefficient (Wildman–Crippen LogP) is 0.0529. The maximum Gasteiger partial charge on any atom is 0.158 e. The molecular weight excluding hydrogens is 170 g/mol. The molecule has 0 aliphatic rings. The topological polar surface area (TPSA) is 60.2 Å². The van der Waals surface area contributed by atoms with Crippen molar-refractivity contribution in [2.24, 2.45) is 5.92 Å². The third-order valence-corrected chi connectivity index (χ3v) is 1.80. The van der Waals surface area contributed by atoms with Gasteiger partial charge in [0, 0.05) is 13.7 Å². The normalized spacial score (nSPS) is 13.2. The minimum atomic E-state index is -0.0697. The quantitative estimate of drug-likeness (QED) is 0.704. The van der Waals surface area contributed by atoms with Crippen molar-refractivity contribution in [3.63, 3.8) is 0 Å². The first kappa shape index (κ1) is 10.1. The van der Waals surface area contributed by atoms with Gasteiger partial charge in [0.15, 0.2) is 5.82 Å². The van der Waals surface area contributed by atoms with Gasteiger partial charge >= 0.3 is 0 Å². The van der Waals surface area contributed by atoms with Gasteiger partial charge in [0.2, 0.25) is 0 Å². The minimum Gasteiger partial charge on any atom is -0.388 e. The maximum absolute atomic E-state index is 8.90. The van der Waals surface area contributed by atoms with Crippen LogP contribution in [-0.4, -0.2) is 33.6 Å². The van der Waals surface area contributed by atoms with E-state index in [1.165, 1.54) is 0 Å². The number of methoxy groups -OCH3 is 1. The van der Waals surface area contributed by atoms with Crippen molar-refractivity contribution < 1.29 is 9.84 Å². The summed E-state index contributed by atoms with van der Waals surface area (Å²) < 4.78 is 6.85. The van der Waals surface area contributed by atoms with E-state index >= 15 is 0 Å². The van der Waals surface area contributed by atoms with E-state index < -0.39 is 0 Å². The number of aliphatic hydroxyl groups excluding tert-OH is 1. The number of aliphatic hydroxyl groups is 1. The Hall–Kier alpha value is -0.940. The summed E-state index contributed by atoms with van der Waals surface area (Å²) in [6.45, 7) is 3.48. The van der Waals surface area contributed by atoms with E-state index in [4.69, 9.17) is 9.84 Å². The number of aromatic nitrogens is 3. The van der Waals surface area contributed by atoms with Gasteiger partial charge in [0.1, 0.15) is 12.9 Å². The molecule has 0 spiro atoms. The molecule has 0 saturated carbocycles. The monoisotopic (exact) mass is 185 g/mol. The van der Waals surface area contributed by atoms with Crippen molar-refractivity contribution in [2.75, 3.05) is 13.7 Å². The molecule has 0 radical (unpaired) electrons. The number of rotatable bonds is 5. The van der Waals surface area contributed by atoms with E-state index in [1.807, 2.05) is 4.57 Å². The first-order chi connectivity index (χ1) is 6.27. The SMILES string of the molecule is COCC(C)Cn1cnnc1CO. The first-order valence-corrected chi connectivity index (χ1v) is 4.24. The second-order valence-electron chi connectivity index (χ2n) is 3.12. The summed E-state index contributed by atoms with van der Waals surface area (Å²) in [5, 5.41) is 16.4. The van der Waals surface area contributed by atoms with Crippen LogP contribution in [0, 0.1) is 5.92 Å². The van der Waals surface area contributed by atoms with E-state index in [2.05, 4.69) is 17.1 Å². The van der Waals surface area contributed by atoms with Crippen molar-refractivity contribution in [3.8, 4) is 0 Å². The van der Waals surface area contributed by atoms with E-state index in [1.54, 1.807) is 13.4 Å². The van der Waals surface area contributed by atoms with Crippen LogP contribution in [0.1, 0.15) is 12.7 Å². The van der Waals surface area contributed by atoms with Crippen molar-refractivity contribution in [3.05, 3.63) is 12.2 Å². The van der Waals surface area contributed by atoms with Crippen LogP contribution in [0.25, 0.3) is 0 Å². The van der Waals surface area contributed by atoms with Crippen LogP contribution in [0.2, 0.25) is 0 Å². The summed E-state index contributed by atoms with van der Waals surface area (Å²) >= 11 is 0. The Kier molecular flexibility index (Phi) is 3.85. The summed E-state index contributed by atoms with van der Waals surface area (Å²) in [5.41, 5.74) is 0. The molecule has 5 heteroatoms. The van der Waals surface area contributed by atoms with Crippen LogP contribution in [-0.2, 0) is 17.9 Å². The number of hydrogen-bond acceptors (Lipinski definition) is 4. The molecule has 5 nitrogen and oxygen atoms in total. The van der Waals surface area contributed by atoms with Gasteiger partial charge in [0.25, 0.3) is 0 Å². The predicted molar refractivity (Wildman–Crippen MR) is 47.0 cm³/mol. The van der Waals surface area contributed by atoms with Crippen LogP contribution in [0.3, 0.4) is 0 Å². The molecule has 0 aliphatic carbocycles. The molecule has 1 atom stereocenters. The lowest BCUT2D eigenvalue weighted by molar-refractivity contribution is 0.149. The van der Waals surface area contributed by atoms with Gasteiger partial charge in [-0.05, 0) is 5.92 Å². The van der Waals surface area contributed by atoms with Gasteiger partial charge in [-0.25, -0.2) is 0 Å². The molecule has 1 heterocycles.